The predicted molar refractivity (Wildman–Crippen MR) is 76.1 cm³/mol. The van der Waals surface area contributed by atoms with Gasteiger partial charge in [-0.15, -0.1) is 0 Å². The van der Waals surface area contributed by atoms with Gasteiger partial charge in [-0.05, 0) is 43.5 Å². The molecule has 2 atom stereocenters. The highest BCUT2D eigenvalue weighted by molar-refractivity contribution is 9.10. The first-order valence-corrected chi connectivity index (χ1v) is 7.13. The van der Waals surface area contributed by atoms with Crippen molar-refractivity contribution in [2.75, 3.05) is 6.54 Å². The van der Waals surface area contributed by atoms with E-state index in [1.54, 1.807) is 0 Å². The van der Waals surface area contributed by atoms with E-state index in [1.807, 2.05) is 13.0 Å². The summed E-state index contributed by atoms with van der Waals surface area (Å²) in [6.45, 7) is 5.05. The summed E-state index contributed by atoms with van der Waals surface area (Å²) >= 11 is 3.49. The highest BCUT2D eigenvalue weighted by atomic mass is 79.9. The van der Waals surface area contributed by atoms with Gasteiger partial charge in [-0.3, -0.25) is 0 Å². The maximum absolute atomic E-state index is 9.51. The number of benzene rings is 1. The third kappa shape index (κ3) is 5.19. The molecule has 0 bridgehead atoms. The normalized spacial score (nSPS) is 14.6. The maximum Gasteiger partial charge on any atom is 0.0549 e. The molecule has 17 heavy (non-hydrogen) atoms. The summed E-state index contributed by atoms with van der Waals surface area (Å²) in [6, 6.07) is 8.76. The lowest BCUT2D eigenvalue weighted by Gasteiger charge is -2.18. The first-order chi connectivity index (χ1) is 8.17. The van der Waals surface area contributed by atoms with Crippen LogP contribution in [0.5, 0.6) is 0 Å². The van der Waals surface area contributed by atoms with E-state index in [0.717, 1.165) is 30.3 Å². The largest absolute Gasteiger partial charge is 0.393 e. The van der Waals surface area contributed by atoms with Crippen LogP contribution in [0, 0.1) is 0 Å². The Morgan fingerprint density at radius 1 is 1.29 bits per heavy atom. The summed E-state index contributed by atoms with van der Waals surface area (Å²) in [5.74, 6) is 0. The zero-order chi connectivity index (χ0) is 12.7. The third-order valence-corrected chi connectivity index (χ3v) is 3.49. The lowest BCUT2D eigenvalue weighted by atomic mass is 10.0. The molecule has 0 fully saturated rings. The van der Waals surface area contributed by atoms with Gasteiger partial charge in [0, 0.05) is 10.5 Å². The SMILES string of the molecule is CCC(O)CCNC(CC)c1cccc(Br)c1. The van der Waals surface area contributed by atoms with E-state index in [-0.39, 0.29) is 6.10 Å². The molecule has 0 spiro atoms. The van der Waals surface area contributed by atoms with Gasteiger partial charge in [0.05, 0.1) is 6.10 Å². The molecular formula is C14H22BrNO. The molecule has 0 aliphatic carbocycles. The van der Waals surface area contributed by atoms with Crippen molar-refractivity contribution >= 4 is 15.9 Å². The molecule has 96 valence electrons. The fourth-order valence-electron chi connectivity index (χ4n) is 1.85. The Labute approximate surface area is 113 Å². The van der Waals surface area contributed by atoms with Crippen LogP contribution in [0.4, 0.5) is 0 Å². The number of rotatable bonds is 7. The zero-order valence-electron chi connectivity index (χ0n) is 10.6. The maximum atomic E-state index is 9.51. The molecule has 0 radical (unpaired) electrons. The van der Waals surface area contributed by atoms with E-state index >= 15 is 0 Å². The Hall–Kier alpha value is -0.380. The Kier molecular flexibility index (Phi) is 6.78. The van der Waals surface area contributed by atoms with Gasteiger partial charge in [-0.1, -0.05) is 41.9 Å². The molecule has 0 heterocycles. The van der Waals surface area contributed by atoms with Gasteiger partial charge in [0.2, 0.25) is 0 Å². The summed E-state index contributed by atoms with van der Waals surface area (Å²) < 4.78 is 1.11. The minimum atomic E-state index is -0.178. The van der Waals surface area contributed by atoms with Crippen LogP contribution in [0.15, 0.2) is 28.7 Å². The van der Waals surface area contributed by atoms with Crippen LogP contribution in [-0.4, -0.2) is 17.8 Å². The molecular weight excluding hydrogens is 278 g/mol. The number of hydrogen-bond acceptors (Lipinski definition) is 2. The minimum absolute atomic E-state index is 0.178. The van der Waals surface area contributed by atoms with E-state index in [0.29, 0.717) is 6.04 Å². The van der Waals surface area contributed by atoms with Crippen molar-refractivity contribution in [3.05, 3.63) is 34.3 Å². The van der Waals surface area contributed by atoms with Crippen LogP contribution < -0.4 is 5.32 Å². The average molecular weight is 300 g/mol. The van der Waals surface area contributed by atoms with E-state index in [2.05, 4.69) is 46.4 Å². The summed E-state index contributed by atoms with van der Waals surface area (Å²) in [7, 11) is 0. The molecule has 2 N–H and O–H groups in total. The fraction of sp³-hybridized carbons (Fsp3) is 0.571. The van der Waals surface area contributed by atoms with Crippen molar-refractivity contribution in [2.24, 2.45) is 0 Å². The molecule has 1 rings (SSSR count). The summed E-state index contributed by atoms with van der Waals surface area (Å²) in [4.78, 5) is 0. The minimum Gasteiger partial charge on any atom is -0.393 e. The van der Waals surface area contributed by atoms with Crippen LogP contribution in [0.25, 0.3) is 0 Å². The molecule has 1 aromatic rings. The Morgan fingerprint density at radius 2 is 2.06 bits per heavy atom. The Morgan fingerprint density at radius 3 is 2.65 bits per heavy atom. The van der Waals surface area contributed by atoms with E-state index in [9.17, 15) is 5.11 Å². The summed E-state index contributed by atoms with van der Waals surface area (Å²) in [6.07, 6.45) is 2.53. The quantitative estimate of drug-likeness (QED) is 0.805. The van der Waals surface area contributed by atoms with Gasteiger partial charge in [0.15, 0.2) is 0 Å². The number of hydrogen-bond donors (Lipinski definition) is 2. The molecule has 0 amide bonds. The van der Waals surface area contributed by atoms with Crippen molar-refractivity contribution in [3.63, 3.8) is 0 Å². The van der Waals surface area contributed by atoms with E-state index in [4.69, 9.17) is 0 Å². The number of aliphatic hydroxyl groups is 1. The number of nitrogens with one attached hydrogen (secondary N) is 1. The van der Waals surface area contributed by atoms with Crippen molar-refractivity contribution in [1.82, 2.24) is 5.32 Å². The second-order valence-corrected chi connectivity index (χ2v) is 5.24. The molecule has 3 heteroatoms. The fourth-order valence-corrected chi connectivity index (χ4v) is 2.27. The van der Waals surface area contributed by atoms with Crippen molar-refractivity contribution in [1.29, 1.82) is 0 Å². The molecule has 2 unspecified atom stereocenters. The zero-order valence-corrected chi connectivity index (χ0v) is 12.2. The molecule has 0 saturated heterocycles. The first-order valence-electron chi connectivity index (χ1n) is 6.34. The van der Waals surface area contributed by atoms with Crippen LogP contribution in [0.2, 0.25) is 0 Å². The summed E-state index contributed by atoms with van der Waals surface area (Å²) in [5, 5.41) is 13.0. The molecule has 1 aromatic carbocycles. The lowest BCUT2D eigenvalue weighted by molar-refractivity contribution is 0.158. The molecule has 0 aromatic heterocycles. The topological polar surface area (TPSA) is 32.3 Å². The van der Waals surface area contributed by atoms with Gasteiger partial charge in [0.1, 0.15) is 0 Å². The van der Waals surface area contributed by atoms with Crippen LogP contribution in [0.1, 0.15) is 44.7 Å². The Bertz CT molecular complexity index is 330. The lowest BCUT2D eigenvalue weighted by Crippen LogP contribution is -2.24. The monoisotopic (exact) mass is 299 g/mol. The molecule has 2 nitrogen and oxygen atoms in total. The second kappa shape index (κ2) is 7.85. The predicted octanol–water partition coefficient (Wildman–Crippen LogP) is 3.65. The average Bonchev–Trinajstić information content (AvgIpc) is 2.34. The second-order valence-electron chi connectivity index (χ2n) is 4.32. The van der Waals surface area contributed by atoms with Gasteiger partial charge < -0.3 is 10.4 Å². The Balaban J connectivity index is 2.48. The van der Waals surface area contributed by atoms with Gasteiger partial charge >= 0.3 is 0 Å². The highest BCUT2D eigenvalue weighted by Gasteiger charge is 2.09. The molecule has 0 aliphatic heterocycles. The summed E-state index contributed by atoms with van der Waals surface area (Å²) in [5.41, 5.74) is 1.30. The van der Waals surface area contributed by atoms with Crippen LogP contribution in [0.3, 0.4) is 0 Å². The third-order valence-electron chi connectivity index (χ3n) is 3.00. The van der Waals surface area contributed by atoms with Crippen molar-refractivity contribution in [3.8, 4) is 0 Å². The number of aliphatic hydroxyl groups excluding tert-OH is 1. The molecule has 0 aliphatic rings. The standard InChI is InChI=1S/C14H22BrNO/c1-3-13(17)8-9-16-14(4-2)11-6-5-7-12(15)10-11/h5-7,10,13-14,16-17H,3-4,8-9H2,1-2H3. The van der Waals surface area contributed by atoms with Gasteiger partial charge in [-0.2, -0.15) is 0 Å². The van der Waals surface area contributed by atoms with Crippen molar-refractivity contribution < 1.29 is 5.11 Å². The van der Waals surface area contributed by atoms with E-state index < -0.39 is 0 Å². The first kappa shape index (κ1) is 14.7. The molecule has 0 saturated carbocycles. The van der Waals surface area contributed by atoms with Crippen molar-refractivity contribution in [2.45, 2.75) is 45.3 Å². The highest BCUT2D eigenvalue weighted by Crippen LogP contribution is 2.20. The van der Waals surface area contributed by atoms with Crippen LogP contribution >= 0.6 is 15.9 Å². The number of halogens is 1. The van der Waals surface area contributed by atoms with Crippen LogP contribution in [-0.2, 0) is 0 Å². The van der Waals surface area contributed by atoms with E-state index in [1.165, 1.54) is 5.56 Å². The van der Waals surface area contributed by atoms with Gasteiger partial charge in [-0.25, -0.2) is 0 Å². The van der Waals surface area contributed by atoms with Gasteiger partial charge in [0.25, 0.3) is 0 Å². The smallest absolute Gasteiger partial charge is 0.0549 e.